The molecule has 2 aliphatic heterocycles. The SMILES string of the molecule is COc1cc(N2C[C@H]3CC[C@@H](C2)C3Nc2nc3n(n2)CCCO[C@H]3c2ccc(F)c(F)c2F)cnn1. The molecule has 1 unspecified atom stereocenters. The average molecular weight is 502 g/mol. The number of hydrogen-bond donors (Lipinski definition) is 1. The summed E-state index contributed by atoms with van der Waals surface area (Å²) in [6.45, 7) is 2.56. The van der Waals surface area contributed by atoms with E-state index in [0.29, 0.717) is 49.1 Å². The van der Waals surface area contributed by atoms with E-state index in [1.54, 1.807) is 18.0 Å². The van der Waals surface area contributed by atoms with Gasteiger partial charge in [-0.2, -0.15) is 10.1 Å². The van der Waals surface area contributed by atoms with Crippen LogP contribution in [0.15, 0.2) is 24.4 Å². The predicted octanol–water partition coefficient (Wildman–Crippen LogP) is 3.33. The van der Waals surface area contributed by atoms with Crippen LogP contribution in [-0.4, -0.2) is 57.8 Å². The molecule has 4 atom stereocenters. The summed E-state index contributed by atoms with van der Waals surface area (Å²) in [5, 5.41) is 16.1. The number of fused-ring (bicyclic) bond motifs is 3. The Balaban J connectivity index is 1.23. The number of halogens is 3. The fourth-order valence-electron chi connectivity index (χ4n) is 5.66. The van der Waals surface area contributed by atoms with Crippen LogP contribution in [0.4, 0.5) is 24.8 Å². The zero-order valence-corrected chi connectivity index (χ0v) is 19.7. The summed E-state index contributed by atoms with van der Waals surface area (Å²) in [4.78, 5) is 6.95. The van der Waals surface area contributed by atoms with Crippen LogP contribution in [-0.2, 0) is 11.3 Å². The zero-order valence-electron chi connectivity index (χ0n) is 19.7. The highest BCUT2D eigenvalue weighted by Crippen LogP contribution is 2.40. The van der Waals surface area contributed by atoms with Gasteiger partial charge in [-0.3, -0.25) is 0 Å². The molecule has 0 radical (unpaired) electrons. The van der Waals surface area contributed by atoms with E-state index in [-0.39, 0.29) is 11.6 Å². The third-order valence-corrected chi connectivity index (χ3v) is 7.40. The molecule has 1 aromatic carbocycles. The summed E-state index contributed by atoms with van der Waals surface area (Å²) in [6, 6.07) is 4.19. The number of anilines is 2. The lowest BCUT2D eigenvalue weighted by Crippen LogP contribution is -2.48. The number of nitrogens with one attached hydrogen (secondary N) is 1. The minimum absolute atomic E-state index is 0.0919. The molecule has 1 N–H and O–H groups in total. The topological polar surface area (TPSA) is 90.2 Å². The maximum absolute atomic E-state index is 14.6. The fourth-order valence-corrected chi connectivity index (χ4v) is 5.66. The molecule has 9 nitrogen and oxygen atoms in total. The number of hydrogen-bond acceptors (Lipinski definition) is 8. The van der Waals surface area contributed by atoms with E-state index in [9.17, 15) is 13.2 Å². The standard InChI is InChI=1S/C24H26F3N7O2/c1-35-18-9-15(10-28-31-18)33-11-13-3-4-14(12-33)21(13)29-24-30-23-22(36-8-2-7-34(23)32-24)16-5-6-17(25)20(27)19(16)26/h5-6,9-10,13-14,21-22H,2-4,7-8,11-12H2,1H3,(H,29,32)/t13-,14+,21?,22-/m0/s1. The first-order chi connectivity index (χ1) is 17.5. The summed E-state index contributed by atoms with van der Waals surface area (Å²) < 4.78 is 54.8. The summed E-state index contributed by atoms with van der Waals surface area (Å²) >= 11 is 0. The summed E-state index contributed by atoms with van der Waals surface area (Å²) in [5.74, 6) is -1.97. The monoisotopic (exact) mass is 501 g/mol. The second kappa shape index (κ2) is 9.23. The molecule has 3 aliphatic rings. The average Bonchev–Trinajstić information content (AvgIpc) is 3.30. The Kier molecular flexibility index (Phi) is 5.90. The van der Waals surface area contributed by atoms with Crippen molar-refractivity contribution in [3.05, 3.63) is 53.2 Å². The molecule has 36 heavy (non-hydrogen) atoms. The number of piperidine rings is 1. The van der Waals surface area contributed by atoms with Gasteiger partial charge in [0.25, 0.3) is 0 Å². The van der Waals surface area contributed by atoms with Crippen molar-refractivity contribution in [3.8, 4) is 5.88 Å². The second-order valence-electron chi connectivity index (χ2n) is 9.51. The van der Waals surface area contributed by atoms with E-state index in [2.05, 4.69) is 30.5 Å². The summed E-state index contributed by atoms with van der Waals surface area (Å²) in [7, 11) is 1.57. The number of nitrogens with zero attached hydrogens (tertiary/aromatic N) is 6. The van der Waals surface area contributed by atoms with Crippen molar-refractivity contribution in [1.29, 1.82) is 0 Å². The van der Waals surface area contributed by atoms with E-state index in [1.807, 2.05) is 6.07 Å². The highest BCUT2D eigenvalue weighted by molar-refractivity contribution is 5.48. The van der Waals surface area contributed by atoms with Crippen LogP contribution in [0.2, 0.25) is 0 Å². The molecule has 1 saturated heterocycles. The Morgan fingerprint density at radius 2 is 1.92 bits per heavy atom. The molecule has 3 aromatic rings. The van der Waals surface area contributed by atoms with Gasteiger partial charge in [0.05, 0.1) is 19.0 Å². The Morgan fingerprint density at radius 3 is 2.69 bits per heavy atom. The zero-order chi connectivity index (χ0) is 24.8. The van der Waals surface area contributed by atoms with E-state index < -0.39 is 23.6 Å². The van der Waals surface area contributed by atoms with E-state index in [4.69, 9.17) is 9.47 Å². The first-order valence-electron chi connectivity index (χ1n) is 12.1. The molecule has 6 rings (SSSR count). The molecule has 12 heteroatoms. The van der Waals surface area contributed by atoms with Gasteiger partial charge in [0.2, 0.25) is 11.8 Å². The maximum atomic E-state index is 14.6. The lowest BCUT2D eigenvalue weighted by atomic mass is 9.92. The van der Waals surface area contributed by atoms with Crippen LogP contribution in [0.1, 0.15) is 36.8 Å². The van der Waals surface area contributed by atoms with Crippen LogP contribution in [0.25, 0.3) is 0 Å². The first kappa shape index (κ1) is 23.0. The Morgan fingerprint density at radius 1 is 1.11 bits per heavy atom. The molecule has 0 amide bonds. The molecule has 2 aromatic heterocycles. The fraction of sp³-hybridized carbons (Fsp3) is 0.500. The maximum Gasteiger partial charge on any atom is 0.242 e. The van der Waals surface area contributed by atoms with Gasteiger partial charge in [0, 0.05) is 43.9 Å². The number of methoxy groups -OCH3 is 1. The van der Waals surface area contributed by atoms with Gasteiger partial charge in [0.15, 0.2) is 23.3 Å². The van der Waals surface area contributed by atoms with Crippen LogP contribution >= 0.6 is 0 Å². The number of aryl methyl sites for hydroxylation is 1. The summed E-state index contributed by atoms with van der Waals surface area (Å²) in [6.07, 6.45) is 3.58. The van der Waals surface area contributed by atoms with Gasteiger partial charge >= 0.3 is 0 Å². The van der Waals surface area contributed by atoms with Crippen LogP contribution < -0.4 is 15.0 Å². The molecule has 1 aliphatic carbocycles. The van der Waals surface area contributed by atoms with Gasteiger partial charge in [-0.05, 0) is 43.2 Å². The molecule has 190 valence electrons. The van der Waals surface area contributed by atoms with E-state index >= 15 is 0 Å². The van der Waals surface area contributed by atoms with Crippen LogP contribution in [0.5, 0.6) is 5.88 Å². The number of benzene rings is 1. The summed E-state index contributed by atoms with van der Waals surface area (Å²) in [5.41, 5.74) is 0.892. The van der Waals surface area contributed by atoms with Crippen molar-refractivity contribution >= 4 is 11.6 Å². The highest BCUT2D eigenvalue weighted by atomic mass is 19.2. The molecule has 2 fully saturated rings. The quantitative estimate of drug-likeness (QED) is 0.533. The molecule has 2 bridgehead atoms. The smallest absolute Gasteiger partial charge is 0.242 e. The van der Waals surface area contributed by atoms with Crippen molar-refractivity contribution in [2.75, 3.05) is 37.0 Å². The molecule has 0 spiro atoms. The van der Waals surface area contributed by atoms with Crippen molar-refractivity contribution in [3.63, 3.8) is 0 Å². The third kappa shape index (κ3) is 4.02. The minimum Gasteiger partial charge on any atom is -0.480 e. The van der Waals surface area contributed by atoms with E-state index in [0.717, 1.165) is 37.7 Å². The first-order valence-corrected chi connectivity index (χ1v) is 12.1. The van der Waals surface area contributed by atoms with Crippen LogP contribution in [0.3, 0.4) is 0 Å². The largest absolute Gasteiger partial charge is 0.480 e. The van der Waals surface area contributed by atoms with Gasteiger partial charge < -0.3 is 19.7 Å². The van der Waals surface area contributed by atoms with Gasteiger partial charge in [-0.15, -0.1) is 10.2 Å². The van der Waals surface area contributed by atoms with Crippen molar-refractivity contribution in [2.45, 2.75) is 38.0 Å². The van der Waals surface area contributed by atoms with Crippen molar-refractivity contribution in [2.24, 2.45) is 11.8 Å². The molecular formula is C24H26F3N7O2. The second-order valence-corrected chi connectivity index (χ2v) is 9.51. The third-order valence-electron chi connectivity index (χ3n) is 7.40. The lowest BCUT2D eigenvalue weighted by Gasteiger charge is -2.39. The lowest BCUT2D eigenvalue weighted by molar-refractivity contribution is 0.0780. The van der Waals surface area contributed by atoms with E-state index in [1.165, 1.54) is 6.07 Å². The Bertz CT molecular complexity index is 1260. The molecular weight excluding hydrogens is 475 g/mol. The predicted molar refractivity (Wildman–Crippen MR) is 123 cm³/mol. The normalized spacial score (nSPS) is 25.4. The highest BCUT2D eigenvalue weighted by Gasteiger charge is 2.43. The van der Waals surface area contributed by atoms with Crippen molar-refractivity contribution in [1.82, 2.24) is 25.0 Å². The number of ether oxygens (including phenoxy) is 2. The number of aromatic nitrogens is 5. The van der Waals surface area contributed by atoms with Gasteiger partial charge in [0.1, 0.15) is 6.10 Å². The Labute approximate surface area is 205 Å². The minimum atomic E-state index is -1.52. The van der Waals surface area contributed by atoms with Gasteiger partial charge in [-0.1, -0.05) is 0 Å². The molecule has 4 heterocycles. The Hall–Kier alpha value is -3.41. The molecule has 1 saturated carbocycles. The van der Waals surface area contributed by atoms with Gasteiger partial charge in [-0.25, -0.2) is 17.9 Å². The number of rotatable bonds is 5. The van der Waals surface area contributed by atoms with Crippen molar-refractivity contribution < 1.29 is 22.6 Å². The van der Waals surface area contributed by atoms with Crippen LogP contribution in [0, 0.1) is 29.3 Å².